The van der Waals surface area contributed by atoms with Gasteiger partial charge in [-0.15, -0.1) is 0 Å². The topological polar surface area (TPSA) is 55.8 Å². The van der Waals surface area contributed by atoms with Gasteiger partial charge in [-0.3, -0.25) is 4.79 Å². The molecule has 190 valence electrons. The van der Waals surface area contributed by atoms with Gasteiger partial charge < -0.3 is 14.4 Å². The van der Waals surface area contributed by atoms with E-state index in [0.717, 1.165) is 41.1 Å². The van der Waals surface area contributed by atoms with Crippen LogP contribution in [0.25, 0.3) is 0 Å². The summed E-state index contributed by atoms with van der Waals surface area (Å²) in [7, 11) is 1.21. The van der Waals surface area contributed by atoms with Crippen molar-refractivity contribution in [3.8, 4) is 5.75 Å². The van der Waals surface area contributed by atoms with Gasteiger partial charge in [-0.05, 0) is 86.7 Å². The number of benzene rings is 1. The molecule has 7 heteroatoms. The van der Waals surface area contributed by atoms with Gasteiger partial charge in [0.25, 0.3) is 5.91 Å². The molecule has 1 aromatic rings. The highest BCUT2D eigenvalue weighted by Crippen LogP contribution is 2.60. The van der Waals surface area contributed by atoms with Crippen LogP contribution >= 0.6 is 0 Å². The summed E-state index contributed by atoms with van der Waals surface area (Å²) in [4.78, 5) is 26.8. The van der Waals surface area contributed by atoms with E-state index in [1.54, 1.807) is 13.0 Å². The molecule has 6 fully saturated rings. The van der Waals surface area contributed by atoms with Gasteiger partial charge in [0, 0.05) is 17.4 Å². The van der Waals surface area contributed by atoms with Crippen molar-refractivity contribution in [2.75, 3.05) is 20.3 Å². The summed E-state index contributed by atoms with van der Waals surface area (Å²) in [6.45, 7) is 1.94. The second-order valence-corrected chi connectivity index (χ2v) is 12.2. The number of halogens is 2. The maximum atomic E-state index is 15.4. The van der Waals surface area contributed by atoms with E-state index in [1.165, 1.54) is 51.7 Å². The van der Waals surface area contributed by atoms with Crippen LogP contribution in [0.4, 0.5) is 8.78 Å². The number of methoxy groups -OCH3 is 1. The lowest BCUT2D eigenvalue weighted by Gasteiger charge is -2.56. The number of alkyl halides is 1. The summed E-state index contributed by atoms with van der Waals surface area (Å²) in [5.74, 6) is 0.497. The number of likely N-dealkylation sites (tertiary alicyclic amines) is 1. The minimum absolute atomic E-state index is 0.121. The minimum Gasteiger partial charge on any atom is -0.493 e. The van der Waals surface area contributed by atoms with Crippen molar-refractivity contribution in [1.29, 1.82) is 0 Å². The first-order valence-electron chi connectivity index (χ1n) is 13.3. The molecular weight excluding hydrogens is 452 g/mol. The fraction of sp³-hybridized carbons (Fsp3) is 0.714. The van der Waals surface area contributed by atoms with Crippen LogP contribution in [0.5, 0.6) is 5.75 Å². The summed E-state index contributed by atoms with van der Waals surface area (Å²) < 4.78 is 41.0. The summed E-state index contributed by atoms with van der Waals surface area (Å²) >= 11 is 0. The van der Waals surface area contributed by atoms with Gasteiger partial charge in [0.1, 0.15) is 23.8 Å². The molecule has 1 unspecified atom stereocenters. The number of hydrogen-bond donors (Lipinski definition) is 0. The van der Waals surface area contributed by atoms with E-state index in [4.69, 9.17) is 9.47 Å². The Bertz CT molecular complexity index is 1000. The molecule has 0 aromatic heterocycles. The third-order valence-electron chi connectivity index (χ3n) is 9.52. The van der Waals surface area contributed by atoms with Gasteiger partial charge in [-0.25, -0.2) is 13.6 Å². The zero-order valence-corrected chi connectivity index (χ0v) is 20.6. The minimum atomic E-state index is -1.36. The average Bonchev–Trinajstić information content (AvgIpc) is 3.61. The number of rotatable bonds is 6. The van der Waals surface area contributed by atoms with E-state index >= 15 is 4.39 Å². The molecule has 1 heterocycles. The standard InChI is InChI=1S/C28H35F2NO4/c1-15-23(30)13-31(25(15)27(33)34-2)26(32)21-8-20(19-3-4-19)24(9-22(21)29)35-14-28-10-16-5-17(11-28)7-18(6-16)12-28/h8-9,15-19,23,25H,3-7,10-14H2,1-2H3/t15?,16?,17?,18?,23-,25+,28?/m1/s1. The maximum Gasteiger partial charge on any atom is 0.328 e. The summed E-state index contributed by atoms with van der Waals surface area (Å²) in [5, 5.41) is 0. The zero-order chi connectivity index (χ0) is 24.5. The van der Waals surface area contributed by atoms with Crippen molar-refractivity contribution in [2.24, 2.45) is 29.1 Å². The molecule has 35 heavy (non-hydrogen) atoms. The van der Waals surface area contributed by atoms with E-state index in [2.05, 4.69) is 0 Å². The Morgan fingerprint density at radius 3 is 2.29 bits per heavy atom. The SMILES string of the molecule is COC(=O)[C@@H]1C(C)[C@H](F)CN1C(=O)c1cc(C2CC2)c(OCC23CC4CC(CC(C4)C2)C3)cc1F. The molecule has 1 amide bonds. The van der Waals surface area contributed by atoms with Gasteiger partial charge >= 0.3 is 5.97 Å². The van der Waals surface area contributed by atoms with Crippen LogP contribution in [0.3, 0.4) is 0 Å². The number of ether oxygens (including phenoxy) is 2. The largest absolute Gasteiger partial charge is 0.493 e. The predicted octanol–water partition coefficient (Wildman–Crippen LogP) is 5.27. The molecule has 3 atom stereocenters. The summed E-state index contributed by atoms with van der Waals surface area (Å²) in [5.41, 5.74) is 0.943. The highest BCUT2D eigenvalue weighted by Gasteiger charge is 2.51. The predicted molar refractivity (Wildman–Crippen MR) is 125 cm³/mol. The van der Waals surface area contributed by atoms with E-state index < -0.39 is 35.8 Å². The van der Waals surface area contributed by atoms with Crippen LogP contribution in [0.1, 0.15) is 80.1 Å². The molecule has 0 spiro atoms. The Balaban J connectivity index is 1.25. The Morgan fingerprint density at radius 1 is 1.09 bits per heavy atom. The monoisotopic (exact) mass is 487 g/mol. The highest BCUT2D eigenvalue weighted by molar-refractivity contribution is 5.98. The lowest BCUT2D eigenvalue weighted by Crippen LogP contribution is -2.48. The van der Waals surface area contributed by atoms with Gasteiger partial charge in [-0.1, -0.05) is 6.92 Å². The Morgan fingerprint density at radius 2 is 1.71 bits per heavy atom. The first kappa shape index (κ1) is 23.2. The molecule has 7 rings (SSSR count). The third-order valence-corrected chi connectivity index (χ3v) is 9.52. The average molecular weight is 488 g/mol. The molecule has 1 aliphatic heterocycles. The van der Waals surface area contributed by atoms with Crippen LogP contribution < -0.4 is 4.74 Å². The smallest absolute Gasteiger partial charge is 0.328 e. The van der Waals surface area contributed by atoms with Crippen molar-refractivity contribution >= 4 is 11.9 Å². The van der Waals surface area contributed by atoms with E-state index in [-0.39, 0.29) is 23.4 Å². The van der Waals surface area contributed by atoms with Gasteiger partial charge in [0.05, 0.1) is 25.8 Å². The Hall–Kier alpha value is -2.18. The number of carbonyl (C=O) groups excluding carboxylic acids is 2. The molecule has 1 saturated heterocycles. The van der Waals surface area contributed by atoms with Crippen LogP contribution in [-0.2, 0) is 9.53 Å². The van der Waals surface area contributed by atoms with E-state index in [9.17, 15) is 14.0 Å². The molecule has 0 radical (unpaired) electrons. The third kappa shape index (κ3) is 4.03. The van der Waals surface area contributed by atoms with Crippen LogP contribution in [0, 0.1) is 34.9 Å². The maximum absolute atomic E-state index is 15.4. The molecule has 5 saturated carbocycles. The van der Waals surface area contributed by atoms with Gasteiger partial charge in [-0.2, -0.15) is 0 Å². The molecule has 5 aliphatic carbocycles. The molecule has 6 aliphatic rings. The first-order chi connectivity index (χ1) is 16.8. The molecule has 4 bridgehead atoms. The lowest BCUT2D eigenvalue weighted by atomic mass is 9.50. The van der Waals surface area contributed by atoms with E-state index in [1.807, 2.05) is 0 Å². The lowest BCUT2D eigenvalue weighted by molar-refractivity contribution is -0.146. The van der Waals surface area contributed by atoms with Crippen molar-refractivity contribution in [3.63, 3.8) is 0 Å². The molecule has 5 nitrogen and oxygen atoms in total. The number of amides is 1. The Labute approximate surface area is 205 Å². The molecular formula is C28H35F2NO4. The second-order valence-electron chi connectivity index (χ2n) is 12.2. The molecule has 0 N–H and O–H groups in total. The number of carbonyl (C=O) groups is 2. The first-order valence-corrected chi connectivity index (χ1v) is 13.3. The zero-order valence-electron chi connectivity index (χ0n) is 20.6. The second kappa shape index (κ2) is 8.45. The van der Waals surface area contributed by atoms with Crippen LogP contribution in [0.15, 0.2) is 12.1 Å². The van der Waals surface area contributed by atoms with Crippen molar-refractivity contribution < 1.29 is 27.8 Å². The normalized spacial score (nSPS) is 37.5. The van der Waals surface area contributed by atoms with Crippen molar-refractivity contribution in [3.05, 3.63) is 29.1 Å². The summed E-state index contributed by atoms with van der Waals surface area (Å²) in [6.07, 6.45) is 8.31. The fourth-order valence-electron chi connectivity index (χ4n) is 8.05. The van der Waals surface area contributed by atoms with Crippen LogP contribution in [0.2, 0.25) is 0 Å². The van der Waals surface area contributed by atoms with Crippen molar-refractivity contribution in [1.82, 2.24) is 4.90 Å². The highest BCUT2D eigenvalue weighted by atomic mass is 19.1. The quantitative estimate of drug-likeness (QED) is 0.513. The van der Waals surface area contributed by atoms with E-state index in [0.29, 0.717) is 12.4 Å². The summed E-state index contributed by atoms with van der Waals surface area (Å²) in [6, 6.07) is 1.88. The van der Waals surface area contributed by atoms with Gasteiger partial charge in [0.2, 0.25) is 0 Å². The Kier molecular flexibility index (Phi) is 5.61. The van der Waals surface area contributed by atoms with Gasteiger partial charge in [0.15, 0.2) is 0 Å². The number of hydrogen-bond acceptors (Lipinski definition) is 4. The molecule has 1 aromatic carbocycles. The van der Waals surface area contributed by atoms with Crippen LogP contribution in [-0.4, -0.2) is 49.3 Å². The number of esters is 1. The fourth-order valence-corrected chi connectivity index (χ4v) is 8.05. The van der Waals surface area contributed by atoms with Crippen molar-refractivity contribution in [2.45, 2.75) is 76.4 Å². The number of nitrogens with zero attached hydrogens (tertiary/aromatic N) is 1.